The summed E-state index contributed by atoms with van der Waals surface area (Å²) in [6.07, 6.45) is 3.46. The topological polar surface area (TPSA) is 36.7 Å². The van der Waals surface area contributed by atoms with Crippen molar-refractivity contribution in [2.24, 2.45) is 5.92 Å². The highest BCUT2D eigenvalue weighted by atomic mass is 16.3. The first-order chi connectivity index (χ1) is 13.5. The molecule has 0 bridgehead atoms. The summed E-state index contributed by atoms with van der Waals surface area (Å²) in [5.41, 5.74) is 3.56. The quantitative estimate of drug-likeness (QED) is 0.701. The molecular weight excluding hydrogens is 348 g/mol. The van der Waals surface area contributed by atoms with Crippen molar-refractivity contribution in [1.29, 1.82) is 0 Å². The predicted molar refractivity (Wildman–Crippen MR) is 114 cm³/mol. The molecule has 2 aromatic rings. The first-order valence-electron chi connectivity index (χ1n) is 10.6. The van der Waals surface area contributed by atoms with Gasteiger partial charge in [0.25, 0.3) is 5.91 Å². The molecule has 4 heteroatoms. The van der Waals surface area contributed by atoms with E-state index in [9.17, 15) is 4.79 Å². The molecule has 152 valence electrons. The molecule has 0 N–H and O–H groups in total. The standard InChI is InChI=1S/C24H34N2O2/c1-5-26(24(27)23-16-19(3)28-20(23)4)17-21-10-13-25(14-11-21)15-12-22-9-7-6-8-18(22)2/h6-9,16,21H,5,10-15,17H2,1-4H3. The number of carbonyl (C=O) groups excluding carboxylic acids is 1. The van der Waals surface area contributed by atoms with Gasteiger partial charge < -0.3 is 14.2 Å². The molecule has 0 unspecified atom stereocenters. The van der Waals surface area contributed by atoms with Gasteiger partial charge in [-0.05, 0) is 83.2 Å². The Bertz CT molecular complexity index is 788. The van der Waals surface area contributed by atoms with Gasteiger partial charge in [-0.15, -0.1) is 0 Å². The number of amides is 1. The molecule has 1 aliphatic heterocycles. The molecule has 1 aromatic heterocycles. The van der Waals surface area contributed by atoms with E-state index in [1.54, 1.807) is 0 Å². The Morgan fingerprint density at radius 1 is 1.18 bits per heavy atom. The lowest BCUT2D eigenvalue weighted by Gasteiger charge is -2.34. The number of nitrogens with zero attached hydrogens (tertiary/aromatic N) is 2. The first-order valence-corrected chi connectivity index (χ1v) is 10.6. The van der Waals surface area contributed by atoms with E-state index in [0.717, 1.165) is 56.2 Å². The van der Waals surface area contributed by atoms with Crippen LogP contribution in [0.4, 0.5) is 0 Å². The molecule has 0 atom stereocenters. The van der Waals surface area contributed by atoms with Gasteiger partial charge in [0.2, 0.25) is 0 Å². The number of carbonyl (C=O) groups is 1. The Morgan fingerprint density at radius 2 is 1.89 bits per heavy atom. The van der Waals surface area contributed by atoms with Crippen LogP contribution in [0.15, 0.2) is 34.7 Å². The van der Waals surface area contributed by atoms with E-state index < -0.39 is 0 Å². The highest BCUT2D eigenvalue weighted by Crippen LogP contribution is 2.22. The van der Waals surface area contributed by atoms with Crippen LogP contribution in [-0.2, 0) is 6.42 Å². The number of piperidine rings is 1. The fourth-order valence-electron chi connectivity index (χ4n) is 4.24. The third-order valence-electron chi connectivity index (χ3n) is 6.08. The second-order valence-corrected chi connectivity index (χ2v) is 8.13. The Balaban J connectivity index is 1.48. The summed E-state index contributed by atoms with van der Waals surface area (Å²) in [4.78, 5) is 17.5. The van der Waals surface area contributed by atoms with E-state index in [1.165, 1.54) is 24.0 Å². The van der Waals surface area contributed by atoms with Crippen LogP contribution in [0.1, 0.15) is 52.8 Å². The van der Waals surface area contributed by atoms with Crippen LogP contribution >= 0.6 is 0 Å². The van der Waals surface area contributed by atoms with Crippen molar-refractivity contribution in [2.45, 2.75) is 47.0 Å². The summed E-state index contributed by atoms with van der Waals surface area (Å²) in [6.45, 7) is 13.0. The second-order valence-electron chi connectivity index (χ2n) is 8.13. The number of hydrogen-bond acceptors (Lipinski definition) is 3. The molecule has 3 rings (SSSR count). The molecule has 0 spiro atoms. The lowest BCUT2D eigenvalue weighted by molar-refractivity contribution is 0.0700. The summed E-state index contributed by atoms with van der Waals surface area (Å²) in [7, 11) is 0. The number of rotatable bonds is 7. The number of likely N-dealkylation sites (tertiary alicyclic amines) is 1. The smallest absolute Gasteiger partial charge is 0.257 e. The highest BCUT2D eigenvalue weighted by molar-refractivity contribution is 5.95. The van der Waals surface area contributed by atoms with Gasteiger partial charge in [0.05, 0.1) is 5.56 Å². The minimum Gasteiger partial charge on any atom is -0.466 e. The fourth-order valence-corrected chi connectivity index (χ4v) is 4.24. The predicted octanol–water partition coefficient (Wildman–Crippen LogP) is 4.62. The van der Waals surface area contributed by atoms with E-state index in [0.29, 0.717) is 5.92 Å². The summed E-state index contributed by atoms with van der Waals surface area (Å²) in [5, 5.41) is 0. The maximum Gasteiger partial charge on any atom is 0.257 e. The van der Waals surface area contributed by atoms with Gasteiger partial charge in [-0.1, -0.05) is 24.3 Å². The fraction of sp³-hybridized carbons (Fsp3) is 0.542. The van der Waals surface area contributed by atoms with Crippen molar-refractivity contribution >= 4 is 5.91 Å². The summed E-state index contributed by atoms with van der Waals surface area (Å²) < 4.78 is 5.55. The van der Waals surface area contributed by atoms with Crippen molar-refractivity contribution in [3.05, 3.63) is 58.5 Å². The summed E-state index contributed by atoms with van der Waals surface area (Å²) >= 11 is 0. The molecule has 1 aliphatic rings. The molecule has 4 nitrogen and oxygen atoms in total. The Morgan fingerprint density at radius 3 is 2.50 bits per heavy atom. The Hall–Kier alpha value is -2.07. The van der Waals surface area contributed by atoms with E-state index >= 15 is 0 Å². The average molecular weight is 383 g/mol. The highest BCUT2D eigenvalue weighted by Gasteiger charge is 2.25. The molecule has 1 aromatic carbocycles. The zero-order valence-corrected chi connectivity index (χ0v) is 17.8. The van der Waals surface area contributed by atoms with Gasteiger partial charge in [-0.25, -0.2) is 0 Å². The normalized spacial score (nSPS) is 15.7. The van der Waals surface area contributed by atoms with Crippen LogP contribution in [0, 0.1) is 26.7 Å². The van der Waals surface area contributed by atoms with Gasteiger partial charge in [-0.2, -0.15) is 0 Å². The molecule has 1 amide bonds. The van der Waals surface area contributed by atoms with Crippen LogP contribution in [0.25, 0.3) is 0 Å². The minimum atomic E-state index is 0.110. The van der Waals surface area contributed by atoms with Crippen molar-refractivity contribution < 1.29 is 9.21 Å². The van der Waals surface area contributed by atoms with Gasteiger partial charge >= 0.3 is 0 Å². The van der Waals surface area contributed by atoms with Crippen LogP contribution in [0.5, 0.6) is 0 Å². The van der Waals surface area contributed by atoms with Crippen LogP contribution in [0.2, 0.25) is 0 Å². The molecule has 0 saturated carbocycles. The third-order valence-corrected chi connectivity index (χ3v) is 6.08. The van der Waals surface area contributed by atoms with Crippen LogP contribution < -0.4 is 0 Å². The van der Waals surface area contributed by atoms with Gasteiger partial charge in [0.1, 0.15) is 11.5 Å². The number of hydrogen-bond donors (Lipinski definition) is 0. The average Bonchev–Trinajstić information content (AvgIpc) is 3.04. The minimum absolute atomic E-state index is 0.110. The second kappa shape index (κ2) is 9.42. The van der Waals surface area contributed by atoms with Gasteiger partial charge in [0.15, 0.2) is 0 Å². The largest absolute Gasteiger partial charge is 0.466 e. The van der Waals surface area contributed by atoms with Crippen molar-refractivity contribution in [2.75, 3.05) is 32.7 Å². The van der Waals surface area contributed by atoms with Crippen molar-refractivity contribution in [3.8, 4) is 0 Å². The first kappa shape index (κ1) is 20.7. The maximum absolute atomic E-state index is 12.9. The molecule has 1 saturated heterocycles. The third kappa shape index (κ3) is 5.05. The molecule has 0 aliphatic carbocycles. The van der Waals surface area contributed by atoms with E-state index in [-0.39, 0.29) is 5.91 Å². The zero-order chi connectivity index (χ0) is 20.1. The van der Waals surface area contributed by atoms with E-state index in [2.05, 4.69) is 43.0 Å². The molecule has 1 fully saturated rings. The molecular formula is C24H34N2O2. The lowest BCUT2D eigenvalue weighted by atomic mass is 9.95. The Kier molecular flexibility index (Phi) is 6.95. The molecule has 0 radical (unpaired) electrons. The number of furan rings is 1. The maximum atomic E-state index is 12.9. The van der Waals surface area contributed by atoms with Crippen molar-refractivity contribution in [1.82, 2.24) is 9.80 Å². The molecule has 2 heterocycles. The Labute approximate surface area is 169 Å². The SMILES string of the molecule is CCN(CC1CCN(CCc2ccccc2C)CC1)C(=O)c1cc(C)oc1C. The van der Waals surface area contributed by atoms with E-state index in [4.69, 9.17) is 4.42 Å². The monoisotopic (exact) mass is 382 g/mol. The van der Waals surface area contributed by atoms with Crippen LogP contribution in [0.3, 0.4) is 0 Å². The van der Waals surface area contributed by atoms with Crippen molar-refractivity contribution in [3.63, 3.8) is 0 Å². The summed E-state index contributed by atoms with van der Waals surface area (Å²) in [5.74, 6) is 2.23. The summed E-state index contributed by atoms with van der Waals surface area (Å²) in [6, 6.07) is 10.5. The van der Waals surface area contributed by atoms with Gasteiger partial charge in [0, 0.05) is 19.6 Å². The van der Waals surface area contributed by atoms with Crippen LogP contribution in [-0.4, -0.2) is 48.4 Å². The van der Waals surface area contributed by atoms with Gasteiger partial charge in [-0.3, -0.25) is 4.79 Å². The lowest BCUT2D eigenvalue weighted by Crippen LogP contribution is -2.41. The number of benzene rings is 1. The zero-order valence-electron chi connectivity index (χ0n) is 17.8. The molecule has 28 heavy (non-hydrogen) atoms. The number of aryl methyl sites for hydroxylation is 3. The van der Waals surface area contributed by atoms with E-state index in [1.807, 2.05) is 24.8 Å².